The zero-order chi connectivity index (χ0) is 22.2. The van der Waals surface area contributed by atoms with E-state index >= 15 is 0 Å². The Balaban J connectivity index is 1.68. The van der Waals surface area contributed by atoms with Crippen LogP contribution in [0.3, 0.4) is 0 Å². The van der Waals surface area contributed by atoms with Gasteiger partial charge in [0.05, 0.1) is 28.9 Å². The fourth-order valence-corrected chi connectivity index (χ4v) is 4.54. The number of nitrogens with one attached hydrogen (secondary N) is 1. The Labute approximate surface area is 183 Å². The predicted octanol–water partition coefficient (Wildman–Crippen LogP) is 2.54. The summed E-state index contributed by atoms with van der Waals surface area (Å²) < 4.78 is 25.2. The third-order valence-corrected chi connectivity index (χ3v) is 7.19. The molecule has 1 fully saturated rings. The van der Waals surface area contributed by atoms with Crippen LogP contribution in [0.1, 0.15) is 37.9 Å². The second-order valence-corrected chi connectivity index (χ2v) is 9.89. The van der Waals surface area contributed by atoms with Crippen LogP contribution in [0.4, 0.5) is 5.82 Å². The van der Waals surface area contributed by atoms with E-state index in [1.54, 1.807) is 25.1 Å². The number of hydrogen-bond donors (Lipinski definition) is 1. The van der Waals surface area contributed by atoms with Crippen molar-refractivity contribution in [1.29, 1.82) is 0 Å². The minimum absolute atomic E-state index is 0.00916. The van der Waals surface area contributed by atoms with Crippen molar-refractivity contribution in [2.24, 2.45) is 0 Å². The fourth-order valence-electron chi connectivity index (χ4n) is 3.58. The van der Waals surface area contributed by atoms with E-state index in [9.17, 15) is 18.0 Å². The number of rotatable bonds is 6. The van der Waals surface area contributed by atoms with Gasteiger partial charge >= 0.3 is 0 Å². The summed E-state index contributed by atoms with van der Waals surface area (Å²) in [7, 11) is -3.34. The zero-order valence-electron chi connectivity index (χ0n) is 16.7. The lowest BCUT2D eigenvalue weighted by molar-refractivity contribution is -0.120. The number of pyridine rings is 2. The van der Waals surface area contributed by atoms with Crippen LogP contribution in [0.2, 0.25) is 5.15 Å². The maximum atomic E-state index is 13.2. The number of sulfone groups is 1. The highest BCUT2D eigenvalue weighted by molar-refractivity contribution is 7.91. The van der Waals surface area contributed by atoms with Gasteiger partial charge in [0.2, 0.25) is 0 Å². The van der Waals surface area contributed by atoms with Crippen LogP contribution in [-0.2, 0) is 21.2 Å². The van der Waals surface area contributed by atoms with Crippen molar-refractivity contribution in [3.05, 3.63) is 51.7 Å². The van der Waals surface area contributed by atoms with Crippen molar-refractivity contribution in [3.8, 4) is 0 Å². The van der Waals surface area contributed by atoms with Crippen LogP contribution in [0, 0.1) is 0 Å². The summed E-state index contributed by atoms with van der Waals surface area (Å²) in [5.74, 6) is 0.0326. The third kappa shape index (κ3) is 4.17. The number of aromatic nitrogens is 4. The van der Waals surface area contributed by atoms with Gasteiger partial charge in [0.25, 0.3) is 5.56 Å². The van der Waals surface area contributed by atoms with Crippen LogP contribution >= 0.6 is 11.6 Å². The molecule has 0 radical (unpaired) electrons. The van der Waals surface area contributed by atoms with Crippen molar-refractivity contribution in [3.63, 3.8) is 0 Å². The van der Waals surface area contributed by atoms with Crippen molar-refractivity contribution in [2.75, 3.05) is 11.1 Å². The van der Waals surface area contributed by atoms with Crippen LogP contribution in [-0.4, -0.2) is 39.5 Å². The van der Waals surface area contributed by atoms with Gasteiger partial charge in [-0.05, 0) is 37.1 Å². The number of carbonyl (C=O) groups is 1. The summed E-state index contributed by atoms with van der Waals surface area (Å²) in [5.41, 5.74) is 0.779. The van der Waals surface area contributed by atoms with E-state index in [0.717, 1.165) is 0 Å². The summed E-state index contributed by atoms with van der Waals surface area (Å²) in [6.07, 6.45) is 2.98. The molecule has 9 nitrogen and oxygen atoms in total. The Morgan fingerprint density at radius 1 is 1.19 bits per heavy atom. The molecule has 4 rings (SSSR count). The average Bonchev–Trinajstić information content (AvgIpc) is 3.18. The lowest BCUT2D eigenvalue weighted by Crippen LogP contribution is -2.31. The van der Waals surface area contributed by atoms with E-state index in [4.69, 9.17) is 11.6 Å². The summed E-state index contributed by atoms with van der Waals surface area (Å²) in [4.78, 5) is 38.4. The van der Waals surface area contributed by atoms with Gasteiger partial charge in [-0.15, -0.1) is 0 Å². The molecule has 0 aliphatic heterocycles. The van der Waals surface area contributed by atoms with E-state index in [0.29, 0.717) is 30.5 Å². The van der Waals surface area contributed by atoms with Gasteiger partial charge in [-0.25, -0.2) is 18.4 Å². The van der Waals surface area contributed by atoms with Gasteiger partial charge in [0.15, 0.2) is 27.1 Å². The molecule has 3 aromatic heterocycles. The van der Waals surface area contributed by atoms with Crippen LogP contribution in [0.15, 0.2) is 40.2 Å². The molecule has 11 heteroatoms. The first-order chi connectivity index (χ1) is 14.8. The molecule has 31 heavy (non-hydrogen) atoms. The first-order valence-electron chi connectivity index (χ1n) is 9.83. The third-order valence-electron chi connectivity index (χ3n) is 5.26. The molecule has 1 saturated carbocycles. The van der Waals surface area contributed by atoms with Gasteiger partial charge in [-0.1, -0.05) is 18.5 Å². The zero-order valence-corrected chi connectivity index (χ0v) is 18.3. The topological polar surface area (TPSA) is 124 Å². The van der Waals surface area contributed by atoms with Crippen molar-refractivity contribution >= 4 is 44.2 Å². The SMILES string of the molecule is CCS(=O)(=O)c1ccc(CNc2nc3ccc(Cl)nc3n(C3CCCC3=O)c2=O)nc1. The van der Waals surface area contributed by atoms with Crippen molar-refractivity contribution < 1.29 is 13.2 Å². The Hall–Kier alpha value is -2.85. The monoisotopic (exact) mass is 461 g/mol. The second-order valence-electron chi connectivity index (χ2n) is 7.23. The van der Waals surface area contributed by atoms with Crippen molar-refractivity contribution in [2.45, 2.75) is 43.7 Å². The molecule has 1 aliphatic rings. The van der Waals surface area contributed by atoms with Crippen LogP contribution in [0.25, 0.3) is 11.2 Å². The quantitative estimate of drug-likeness (QED) is 0.555. The Kier molecular flexibility index (Phi) is 5.76. The largest absolute Gasteiger partial charge is 0.360 e. The molecular weight excluding hydrogens is 442 g/mol. The Bertz CT molecular complexity index is 1320. The van der Waals surface area contributed by atoms with Gasteiger partial charge in [-0.3, -0.25) is 19.1 Å². The number of fused-ring (bicyclic) bond motifs is 1. The van der Waals surface area contributed by atoms with Crippen LogP contribution in [0.5, 0.6) is 0 Å². The van der Waals surface area contributed by atoms with Gasteiger partial charge in [0, 0.05) is 12.6 Å². The van der Waals surface area contributed by atoms with E-state index in [2.05, 4.69) is 20.3 Å². The summed E-state index contributed by atoms with van der Waals surface area (Å²) >= 11 is 6.02. The minimum atomic E-state index is -3.34. The van der Waals surface area contributed by atoms with Gasteiger partial charge < -0.3 is 5.32 Å². The van der Waals surface area contributed by atoms with E-state index in [1.807, 2.05) is 0 Å². The minimum Gasteiger partial charge on any atom is -0.360 e. The lowest BCUT2D eigenvalue weighted by atomic mass is 10.2. The number of carbonyl (C=O) groups excluding carboxylic acids is 1. The highest BCUT2D eigenvalue weighted by atomic mass is 35.5. The molecule has 162 valence electrons. The number of anilines is 1. The Morgan fingerprint density at radius 3 is 2.65 bits per heavy atom. The number of hydrogen-bond acceptors (Lipinski definition) is 8. The van der Waals surface area contributed by atoms with Crippen molar-refractivity contribution in [1.82, 2.24) is 19.5 Å². The molecule has 0 bridgehead atoms. The molecular formula is C20H20ClN5O4S. The lowest BCUT2D eigenvalue weighted by Gasteiger charge is -2.17. The maximum absolute atomic E-state index is 13.2. The highest BCUT2D eigenvalue weighted by Gasteiger charge is 2.30. The highest BCUT2D eigenvalue weighted by Crippen LogP contribution is 2.28. The molecule has 0 amide bonds. The summed E-state index contributed by atoms with van der Waals surface area (Å²) in [5, 5.41) is 3.17. The predicted molar refractivity (Wildman–Crippen MR) is 116 cm³/mol. The van der Waals surface area contributed by atoms with Gasteiger partial charge in [0.1, 0.15) is 10.7 Å². The summed E-state index contributed by atoms with van der Waals surface area (Å²) in [6, 6.07) is 5.68. The molecule has 1 atom stereocenters. The fraction of sp³-hybridized carbons (Fsp3) is 0.350. The van der Waals surface area contributed by atoms with Gasteiger partial charge in [-0.2, -0.15) is 0 Å². The average molecular weight is 462 g/mol. The number of nitrogens with zero attached hydrogens (tertiary/aromatic N) is 4. The molecule has 3 heterocycles. The first kappa shape index (κ1) is 21.4. The van der Waals surface area contributed by atoms with E-state index in [-0.39, 0.29) is 39.6 Å². The molecule has 1 aliphatic carbocycles. The molecule has 3 aromatic rings. The van der Waals surface area contributed by atoms with E-state index < -0.39 is 21.4 Å². The molecule has 1 unspecified atom stereocenters. The van der Waals surface area contributed by atoms with Crippen LogP contribution < -0.4 is 10.9 Å². The Morgan fingerprint density at radius 2 is 2.00 bits per heavy atom. The molecule has 0 saturated heterocycles. The second kappa shape index (κ2) is 8.35. The maximum Gasteiger partial charge on any atom is 0.295 e. The standard InChI is InChI=1S/C20H20ClN5O4S/c1-2-31(29,30)13-7-6-12(22-11-13)10-23-18-20(28)26(15-4-3-5-16(15)27)19-14(24-18)8-9-17(21)25-19/h6-9,11,15H,2-5,10H2,1H3,(H,23,24). The molecule has 0 aromatic carbocycles. The first-order valence-corrected chi connectivity index (χ1v) is 11.9. The number of halogens is 1. The normalized spacial score (nSPS) is 16.7. The molecule has 1 N–H and O–H groups in total. The van der Waals surface area contributed by atoms with E-state index in [1.165, 1.54) is 16.8 Å². The summed E-state index contributed by atoms with van der Waals surface area (Å²) in [6.45, 7) is 1.72. The number of ketones is 1. The number of Topliss-reactive ketones (excluding diaryl/α,β-unsaturated/α-hetero) is 1. The molecule has 0 spiro atoms. The smallest absolute Gasteiger partial charge is 0.295 e.